The number of fused-ring (bicyclic) bond motifs is 5. The van der Waals surface area contributed by atoms with Crippen LogP contribution in [0.15, 0.2) is 30.5 Å². The number of amides is 1. The molecule has 0 radical (unpaired) electrons. The van der Waals surface area contributed by atoms with Crippen LogP contribution in [0, 0.1) is 12.3 Å². The van der Waals surface area contributed by atoms with Gasteiger partial charge in [-0.05, 0) is 75.1 Å². The van der Waals surface area contributed by atoms with E-state index in [1.807, 2.05) is 31.2 Å². The Morgan fingerprint density at radius 1 is 1.14 bits per heavy atom. The van der Waals surface area contributed by atoms with E-state index in [9.17, 15) is 9.90 Å². The fourth-order valence-electron chi connectivity index (χ4n) is 6.16. The van der Waals surface area contributed by atoms with Gasteiger partial charge in [0.1, 0.15) is 0 Å². The SMILES string of the molecule is Cc1ccc2ncc(Cl)c(CC(O)C34CCC(NCc5ccc6c(n5)NC(=O)CO6)(CC3)CC4)c2n1.Cl. The van der Waals surface area contributed by atoms with Crippen molar-refractivity contribution in [1.82, 2.24) is 20.3 Å². The third-order valence-corrected chi connectivity index (χ3v) is 8.82. The van der Waals surface area contributed by atoms with Gasteiger partial charge in [0.25, 0.3) is 5.91 Å². The molecule has 3 aliphatic carbocycles. The van der Waals surface area contributed by atoms with Gasteiger partial charge in [0, 0.05) is 36.0 Å². The molecule has 0 saturated heterocycles. The Kier molecular flexibility index (Phi) is 7.04. The van der Waals surface area contributed by atoms with Gasteiger partial charge in [-0.25, -0.2) is 4.98 Å². The number of rotatable bonds is 6. The maximum absolute atomic E-state index is 11.6. The van der Waals surface area contributed by atoms with E-state index in [1.165, 1.54) is 0 Å². The van der Waals surface area contributed by atoms with Crippen molar-refractivity contribution in [2.75, 3.05) is 11.9 Å². The van der Waals surface area contributed by atoms with Crippen LogP contribution in [0.5, 0.6) is 5.75 Å². The molecule has 0 spiro atoms. The fourth-order valence-corrected chi connectivity index (χ4v) is 6.37. The number of anilines is 1. The number of aliphatic hydroxyl groups excluding tert-OH is 1. The Morgan fingerprint density at radius 2 is 1.89 bits per heavy atom. The maximum Gasteiger partial charge on any atom is 0.263 e. The number of aryl methyl sites for hydroxylation is 1. The molecule has 4 heterocycles. The summed E-state index contributed by atoms with van der Waals surface area (Å²) < 4.78 is 5.41. The summed E-state index contributed by atoms with van der Waals surface area (Å²) >= 11 is 6.55. The van der Waals surface area contributed by atoms with Crippen LogP contribution in [0.1, 0.15) is 55.5 Å². The van der Waals surface area contributed by atoms with E-state index < -0.39 is 6.10 Å². The molecule has 3 fully saturated rings. The van der Waals surface area contributed by atoms with Crippen LogP contribution in [0.25, 0.3) is 11.0 Å². The van der Waals surface area contributed by atoms with Crippen LogP contribution in [0.3, 0.4) is 0 Å². The molecular formula is C27H31Cl2N5O3. The minimum absolute atomic E-state index is 0. The molecule has 8 nitrogen and oxygen atoms in total. The molecule has 1 atom stereocenters. The predicted molar refractivity (Wildman–Crippen MR) is 144 cm³/mol. The van der Waals surface area contributed by atoms with Crippen molar-refractivity contribution in [3.8, 4) is 5.75 Å². The summed E-state index contributed by atoms with van der Waals surface area (Å²) in [5.41, 5.74) is 4.23. The highest BCUT2D eigenvalue weighted by molar-refractivity contribution is 6.32. The van der Waals surface area contributed by atoms with Crippen LogP contribution in [-0.4, -0.2) is 44.2 Å². The third kappa shape index (κ3) is 4.88. The van der Waals surface area contributed by atoms with Crippen molar-refractivity contribution < 1.29 is 14.6 Å². The van der Waals surface area contributed by atoms with Crippen LogP contribution in [0.4, 0.5) is 5.82 Å². The predicted octanol–water partition coefficient (Wildman–Crippen LogP) is 4.53. The number of nitrogens with zero attached hydrogens (tertiary/aromatic N) is 3. The largest absolute Gasteiger partial charge is 0.480 e. The second-order valence-electron chi connectivity index (χ2n) is 10.6. The summed E-state index contributed by atoms with van der Waals surface area (Å²) in [4.78, 5) is 25.3. The van der Waals surface area contributed by atoms with Gasteiger partial charge >= 0.3 is 0 Å². The zero-order chi connectivity index (χ0) is 24.9. The monoisotopic (exact) mass is 543 g/mol. The molecule has 3 aromatic heterocycles. The summed E-state index contributed by atoms with van der Waals surface area (Å²) in [6.07, 6.45) is 7.62. The van der Waals surface area contributed by atoms with Gasteiger partial charge in [-0.2, -0.15) is 0 Å². The zero-order valence-electron chi connectivity index (χ0n) is 20.7. The summed E-state index contributed by atoms with van der Waals surface area (Å²) in [5, 5.41) is 18.6. The average molecular weight is 544 g/mol. The smallest absolute Gasteiger partial charge is 0.263 e. The summed E-state index contributed by atoms with van der Waals surface area (Å²) in [6, 6.07) is 7.71. The van der Waals surface area contributed by atoms with Gasteiger partial charge < -0.3 is 20.5 Å². The van der Waals surface area contributed by atoms with Gasteiger partial charge in [-0.1, -0.05) is 11.6 Å². The standard InChI is InChI=1S/C27H30ClN5O3.ClH/c1-16-2-4-20-24(31-16)18(19(28)14-29-20)12-22(34)26-6-9-27(10-7-26,11-8-26)30-13-17-3-5-21-25(32-17)33-23(35)15-36-21;/h2-5,14,22,30,34H,6-13,15H2,1H3,(H,32,33,35);1H. The van der Waals surface area contributed by atoms with Crippen LogP contribution >= 0.6 is 24.0 Å². The van der Waals surface area contributed by atoms with Gasteiger partial charge in [-0.3, -0.25) is 14.8 Å². The Labute approximate surface area is 227 Å². The number of hydrogen-bond donors (Lipinski definition) is 3. The molecular weight excluding hydrogens is 513 g/mol. The van der Waals surface area contributed by atoms with Gasteiger partial charge in [0.2, 0.25) is 0 Å². The number of nitrogens with one attached hydrogen (secondary N) is 2. The molecule has 196 valence electrons. The number of ether oxygens (including phenoxy) is 1. The van der Waals surface area contributed by atoms with E-state index in [4.69, 9.17) is 16.3 Å². The van der Waals surface area contributed by atoms with Gasteiger partial charge in [0.05, 0.1) is 27.9 Å². The molecule has 1 amide bonds. The van der Waals surface area contributed by atoms with E-state index >= 15 is 0 Å². The quantitative estimate of drug-likeness (QED) is 0.419. The first-order valence-electron chi connectivity index (χ1n) is 12.6. The zero-order valence-corrected chi connectivity index (χ0v) is 22.3. The number of aliphatic hydroxyl groups is 1. The van der Waals surface area contributed by atoms with Crippen molar-refractivity contribution in [1.29, 1.82) is 0 Å². The van der Waals surface area contributed by atoms with E-state index in [2.05, 4.69) is 25.6 Å². The number of aromatic nitrogens is 3. The van der Waals surface area contributed by atoms with E-state index in [-0.39, 0.29) is 35.9 Å². The first kappa shape index (κ1) is 26.1. The van der Waals surface area contributed by atoms with E-state index in [0.29, 0.717) is 29.6 Å². The lowest BCUT2D eigenvalue weighted by Gasteiger charge is -2.55. The molecule has 7 rings (SSSR count). The highest BCUT2D eigenvalue weighted by atomic mass is 35.5. The van der Waals surface area contributed by atoms with Crippen molar-refractivity contribution >= 4 is 46.8 Å². The lowest BCUT2D eigenvalue weighted by atomic mass is 9.54. The number of halogens is 2. The first-order valence-corrected chi connectivity index (χ1v) is 13.0. The Balaban J connectivity index is 0.00000280. The number of pyridine rings is 3. The lowest BCUT2D eigenvalue weighted by molar-refractivity contribution is -0.118. The first-order chi connectivity index (χ1) is 17.3. The normalized spacial score (nSPS) is 25.1. The molecule has 3 aromatic rings. The van der Waals surface area contributed by atoms with E-state index in [0.717, 1.165) is 66.5 Å². The summed E-state index contributed by atoms with van der Waals surface area (Å²) in [5.74, 6) is 0.919. The summed E-state index contributed by atoms with van der Waals surface area (Å²) in [6.45, 7) is 2.61. The fraction of sp³-hybridized carbons (Fsp3) is 0.481. The topological polar surface area (TPSA) is 109 Å². The third-order valence-electron chi connectivity index (χ3n) is 8.49. The number of carbonyl (C=O) groups excluding carboxylic acids is 1. The van der Waals surface area contributed by atoms with Gasteiger partial charge in [0.15, 0.2) is 18.2 Å². The van der Waals surface area contributed by atoms with Crippen molar-refractivity contribution in [2.24, 2.45) is 5.41 Å². The molecule has 10 heteroatoms. The number of hydrogen-bond acceptors (Lipinski definition) is 7. The summed E-state index contributed by atoms with van der Waals surface area (Å²) in [7, 11) is 0. The number of carbonyl (C=O) groups is 1. The maximum atomic E-state index is 11.6. The van der Waals surface area contributed by atoms with Crippen molar-refractivity contribution in [3.05, 3.63) is 52.4 Å². The minimum Gasteiger partial charge on any atom is -0.480 e. The lowest BCUT2D eigenvalue weighted by Crippen LogP contribution is -2.57. The Bertz CT molecular complexity index is 1320. The van der Waals surface area contributed by atoms with Crippen LogP contribution < -0.4 is 15.4 Å². The minimum atomic E-state index is -0.480. The van der Waals surface area contributed by atoms with Crippen molar-refractivity contribution in [3.63, 3.8) is 0 Å². The average Bonchev–Trinajstić information content (AvgIpc) is 2.90. The molecule has 2 bridgehead atoms. The molecule has 37 heavy (non-hydrogen) atoms. The molecule has 4 aliphatic rings. The second kappa shape index (κ2) is 9.98. The van der Waals surface area contributed by atoms with Crippen molar-refractivity contribution in [2.45, 2.75) is 70.1 Å². The van der Waals surface area contributed by atoms with Crippen LogP contribution in [0.2, 0.25) is 5.02 Å². The molecule has 3 saturated carbocycles. The van der Waals surface area contributed by atoms with Gasteiger partial charge in [-0.15, -0.1) is 12.4 Å². The molecule has 3 N–H and O–H groups in total. The molecule has 0 aromatic carbocycles. The van der Waals surface area contributed by atoms with E-state index in [1.54, 1.807) is 6.20 Å². The van der Waals surface area contributed by atoms with Crippen LogP contribution in [-0.2, 0) is 17.8 Å². The highest BCUT2D eigenvalue weighted by Crippen LogP contribution is 2.55. The molecule has 1 aliphatic heterocycles. The molecule has 1 unspecified atom stereocenters. The Morgan fingerprint density at radius 3 is 2.65 bits per heavy atom. The second-order valence-corrected chi connectivity index (χ2v) is 11.0. The highest BCUT2D eigenvalue weighted by Gasteiger charge is 2.51. The Hall–Kier alpha value is -2.52.